The number of hydrogen-bond acceptors (Lipinski definition) is 5. The average molecular weight is 377 g/mol. The van der Waals surface area contributed by atoms with Crippen molar-refractivity contribution in [1.82, 2.24) is 25.1 Å². The maximum atomic E-state index is 11.8. The largest absolute Gasteiger partial charge is 0.507 e. The van der Waals surface area contributed by atoms with Gasteiger partial charge in [0, 0.05) is 36.0 Å². The van der Waals surface area contributed by atoms with Gasteiger partial charge in [0.1, 0.15) is 5.75 Å². The third kappa shape index (κ3) is 3.36. The molecule has 4 heterocycles. The average Bonchev–Trinajstić information content (AvgIpc) is 3.37. The van der Waals surface area contributed by atoms with Crippen LogP contribution in [0.25, 0.3) is 33.1 Å². The van der Waals surface area contributed by atoms with Crippen molar-refractivity contribution in [2.24, 2.45) is 7.05 Å². The topological polar surface area (TPSA) is 95.8 Å². The van der Waals surface area contributed by atoms with E-state index in [4.69, 9.17) is 0 Å². The number of aromatic amines is 1. The van der Waals surface area contributed by atoms with Crippen LogP contribution in [0.3, 0.4) is 0 Å². The van der Waals surface area contributed by atoms with Crippen molar-refractivity contribution in [2.45, 2.75) is 19.8 Å². The number of pyridine rings is 2. The molecular formula is C21H23N5O2. The molecule has 7 nitrogen and oxygen atoms in total. The van der Waals surface area contributed by atoms with Crippen molar-refractivity contribution in [3.8, 4) is 17.0 Å². The number of rotatable bonds is 1. The number of fused-ring (bicyclic) bond motifs is 2. The number of nitrogens with one attached hydrogen (secondary N) is 2. The van der Waals surface area contributed by atoms with Crippen molar-refractivity contribution in [3.63, 3.8) is 0 Å². The minimum absolute atomic E-state index is 0.160. The molecule has 4 aromatic rings. The summed E-state index contributed by atoms with van der Waals surface area (Å²) >= 11 is 0. The van der Waals surface area contributed by atoms with Crippen LogP contribution in [-0.2, 0) is 7.05 Å². The highest BCUT2D eigenvalue weighted by atomic mass is 16.3. The summed E-state index contributed by atoms with van der Waals surface area (Å²) in [5.74, 6) is 0.160. The van der Waals surface area contributed by atoms with E-state index in [0.717, 1.165) is 10.9 Å². The summed E-state index contributed by atoms with van der Waals surface area (Å²) in [6.45, 7) is 4.33. The quantitative estimate of drug-likeness (QED) is 0.474. The molecular weight excluding hydrogens is 354 g/mol. The number of aromatic hydroxyl groups is 1. The van der Waals surface area contributed by atoms with Gasteiger partial charge >= 0.3 is 0 Å². The molecule has 1 saturated heterocycles. The van der Waals surface area contributed by atoms with Gasteiger partial charge in [-0.1, -0.05) is 0 Å². The Hall–Kier alpha value is -3.19. The lowest BCUT2D eigenvalue weighted by Gasteiger charge is -2.08. The normalized spacial score (nSPS) is 13.6. The lowest BCUT2D eigenvalue weighted by atomic mass is 10.0. The number of phenols is 1. The Bertz CT molecular complexity index is 1200. The molecule has 0 unspecified atom stereocenters. The van der Waals surface area contributed by atoms with Crippen LogP contribution in [0, 0.1) is 6.92 Å². The Kier molecular flexibility index (Phi) is 4.83. The van der Waals surface area contributed by atoms with Crippen molar-refractivity contribution in [1.29, 1.82) is 0 Å². The lowest BCUT2D eigenvalue weighted by molar-refractivity contribution is 0.474. The number of hydrogen-bond donors (Lipinski definition) is 3. The van der Waals surface area contributed by atoms with Gasteiger partial charge in [-0.15, -0.1) is 0 Å². The smallest absolute Gasteiger partial charge is 0.257 e. The van der Waals surface area contributed by atoms with E-state index < -0.39 is 0 Å². The van der Waals surface area contributed by atoms with Crippen molar-refractivity contribution in [3.05, 3.63) is 52.6 Å². The predicted octanol–water partition coefficient (Wildman–Crippen LogP) is 2.86. The molecule has 3 N–H and O–H groups in total. The summed E-state index contributed by atoms with van der Waals surface area (Å²) in [6, 6.07) is 7.08. The molecule has 1 aliphatic rings. The number of benzene rings is 1. The van der Waals surface area contributed by atoms with E-state index in [9.17, 15) is 9.90 Å². The van der Waals surface area contributed by atoms with Gasteiger partial charge in [-0.2, -0.15) is 5.10 Å². The molecule has 0 bridgehead atoms. The molecule has 1 fully saturated rings. The molecule has 28 heavy (non-hydrogen) atoms. The van der Waals surface area contributed by atoms with E-state index in [0.29, 0.717) is 27.7 Å². The van der Waals surface area contributed by atoms with Crippen molar-refractivity contribution in [2.75, 3.05) is 13.1 Å². The highest BCUT2D eigenvalue weighted by Gasteiger charge is 2.15. The maximum absolute atomic E-state index is 11.8. The minimum Gasteiger partial charge on any atom is -0.507 e. The predicted molar refractivity (Wildman–Crippen MR) is 111 cm³/mol. The number of H-pyrrole nitrogens is 1. The Labute approximate surface area is 162 Å². The van der Waals surface area contributed by atoms with Gasteiger partial charge in [-0.05, 0) is 57.1 Å². The zero-order valence-electron chi connectivity index (χ0n) is 16.0. The first kappa shape index (κ1) is 18.2. The van der Waals surface area contributed by atoms with Crippen LogP contribution in [0.2, 0.25) is 0 Å². The third-order valence-corrected chi connectivity index (χ3v) is 4.98. The van der Waals surface area contributed by atoms with E-state index in [1.165, 1.54) is 25.9 Å². The fourth-order valence-electron chi connectivity index (χ4n) is 3.48. The molecule has 1 aliphatic heterocycles. The zero-order chi connectivity index (χ0) is 19.7. The number of nitrogens with zero attached hydrogens (tertiary/aromatic N) is 3. The molecule has 7 heteroatoms. The van der Waals surface area contributed by atoms with E-state index >= 15 is 0 Å². The monoisotopic (exact) mass is 377 g/mol. The van der Waals surface area contributed by atoms with Gasteiger partial charge < -0.3 is 15.4 Å². The number of aromatic nitrogens is 4. The Morgan fingerprint density at radius 1 is 1.18 bits per heavy atom. The number of aryl methyl sites for hydroxylation is 2. The summed E-state index contributed by atoms with van der Waals surface area (Å²) in [7, 11) is 1.84. The SMILES string of the molecule is C1CCNC1.Cc1c(O)c(-c2ccc3c(=O)[nH]ccc3n2)cc2cn(C)nc12. The fraction of sp³-hybridized carbons (Fsp3) is 0.286. The molecule has 0 amide bonds. The van der Waals surface area contributed by atoms with Crippen LogP contribution in [0.4, 0.5) is 0 Å². The van der Waals surface area contributed by atoms with Gasteiger partial charge in [0.05, 0.1) is 22.1 Å². The van der Waals surface area contributed by atoms with E-state index in [-0.39, 0.29) is 11.3 Å². The highest BCUT2D eigenvalue weighted by Crippen LogP contribution is 2.36. The van der Waals surface area contributed by atoms with Crippen LogP contribution < -0.4 is 10.9 Å². The second kappa shape index (κ2) is 7.44. The Balaban J connectivity index is 0.000000336. The van der Waals surface area contributed by atoms with Gasteiger partial charge in [0.25, 0.3) is 5.56 Å². The molecule has 3 aromatic heterocycles. The molecule has 0 aliphatic carbocycles. The van der Waals surface area contributed by atoms with E-state index in [1.54, 1.807) is 29.1 Å². The molecule has 0 atom stereocenters. The van der Waals surface area contributed by atoms with Crippen molar-refractivity contribution < 1.29 is 5.11 Å². The van der Waals surface area contributed by atoms with Gasteiger partial charge in [-0.3, -0.25) is 9.48 Å². The number of phenolic OH excluding ortho intramolecular Hbond substituents is 1. The van der Waals surface area contributed by atoms with Gasteiger partial charge in [-0.25, -0.2) is 4.98 Å². The summed E-state index contributed by atoms with van der Waals surface area (Å²) < 4.78 is 1.72. The molecule has 0 spiro atoms. The zero-order valence-corrected chi connectivity index (χ0v) is 16.0. The van der Waals surface area contributed by atoms with Crippen LogP contribution >= 0.6 is 0 Å². The minimum atomic E-state index is -0.176. The maximum Gasteiger partial charge on any atom is 0.257 e. The third-order valence-electron chi connectivity index (χ3n) is 4.98. The molecule has 0 saturated carbocycles. The highest BCUT2D eigenvalue weighted by molar-refractivity contribution is 5.91. The summed E-state index contributed by atoms with van der Waals surface area (Å²) in [5.41, 5.74) is 3.15. The van der Waals surface area contributed by atoms with Crippen molar-refractivity contribution >= 4 is 21.8 Å². The van der Waals surface area contributed by atoms with Crippen LogP contribution in [0.1, 0.15) is 18.4 Å². The standard InChI is InChI=1S/C17H14N4O2.C4H9N/c1-9-15-10(8-21(2)20-15)7-12(16(9)22)13-4-3-11-14(19-13)5-6-18-17(11)23;1-2-4-5-3-1/h3-8,22H,1-2H3,(H,18,23);5H,1-4H2. The Morgan fingerprint density at radius 2 is 1.96 bits per heavy atom. The Morgan fingerprint density at radius 3 is 2.68 bits per heavy atom. The molecule has 1 aromatic carbocycles. The van der Waals surface area contributed by atoms with E-state index in [2.05, 4.69) is 20.4 Å². The first-order valence-electron chi connectivity index (χ1n) is 9.40. The van der Waals surface area contributed by atoms with Gasteiger partial charge in [0.2, 0.25) is 0 Å². The molecule has 0 radical (unpaired) electrons. The molecule has 5 rings (SSSR count). The first-order chi connectivity index (χ1) is 13.5. The van der Waals surface area contributed by atoms with E-state index in [1.807, 2.05) is 26.2 Å². The van der Waals surface area contributed by atoms with Crippen LogP contribution in [0.5, 0.6) is 5.75 Å². The molecule has 144 valence electrons. The van der Waals surface area contributed by atoms with Gasteiger partial charge in [0.15, 0.2) is 0 Å². The summed E-state index contributed by atoms with van der Waals surface area (Å²) in [5, 5.41) is 19.6. The fourth-order valence-corrected chi connectivity index (χ4v) is 3.48. The van der Waals surface area contributed by atoms with Crippen LogP contribution in [-0.4, -0.2) is 37.9 Å². The second-order valence-corrected chi connectivity index (χ2v) is 7.03. The van der Waals surface area contributed by atoms with Crippen LogP contribution in [0.15, 0.2) is 41.5 Å². The first-order valence-corrected chi connectivity index (χ1v) is 9.40. The summed E-state index contributed by atoms with van der Waals surface area (Å²) in [4.78, 5) is 18.9. The second-order valence-electron chi connectivity index (χ2n) is 7.03. The lowest BCUT2D eigenvalue weighted by Crippen LogP contribution is -2.05. The summed E-state index contributed by atoms with van der Waals surface area (Å²) in [6.07, 6.45) is 6.24.